The second-order valence-corrected chi connectivity index (χ2v) is 4.16. The van der Waals surface area contributed by atoms with E-state index in [1.807, 2.05) is 0 Å². The van der Waals surface area contributed by atoms with Gasteiger partial charge < -0.3 is 20.2 Å². The smallest absolute Gasteiger partial charge is 0.339 e. The first-order chi connectivity index (χ1) is 5.33. The van der Waals surface area contributed by atoms with Crippen LogP contribution in [0.5, 0.6) is 0 Å². The van der Waals surface area contributed by atoms with Gasteiger partial charge >= 0.3 is 13.6 Å². The number of carboxylic acid groups (broad SMARTS) is 1. The first-order valence-corrected chi connectivity index (χ1v) is 5.11. The summed E-state index contributed by atoms with van der Waals surface area (Å²) >= 11 is 0. The molecule has 0 bridgehead atoms. The molecule has 1 atom stereocenters. The molecule has 0 rings (SSSR count). The van der Waals surface area contributed by atoms with Crippen LogP contribution in [0.3, 0.4) is 0 Å². The molecule has 0 radical (unpaired) electrons. The van der Waals surface area contributed by atoms with Gasteiger partial charge in [-0.1, -0.05) is 6.92 Å². The van der Waals surface area contributed by atoms with E-state index in [1.54, 1.807) is 0 Å². The predicted molar refractivity (Wildman–Crippen MR) is 41.7 cm³/mol. The minimum Gasteiger partial charge on any atom is -0.481 e. The lowest BCUT2D eigenvalue weighted by molar-refractivity contribution is -0.140. The normalized spacial score (nSPS) is 14.2. The fourth-order valence-electron chi connectivity index (χ4n) is 0.514. The standard InChI is InChI=1S/C5H12NO5P/c1-4(5(7)8)2-6-3-12(9,10)11/h4,6H,2-3H2,1H3,(H,7,8)(H2,9,10,11). The Labute approximate surface area is 69.8 Å². The molecule has 0 heterocycles. The van der Waals surface area contributed by atoms with Crippen LogP contribution in [-0.4, -0.2) is 33.7 Å². The maximum Gasteiger partial charge on any atom is 0.339 e. The summed E-state index contributed by atoms with van der Waals surface area (Å²) in [7, 11) is -4.06. The van der Waals surface area contributed by atoms with Crippen molar-refractivity contribution in [3.8, 4) is 0 Å². The van der Waals surface area contributed by atoms with Crippen LogP contribution in [0, 0.1) is 5.92 Å². The second kappa shape index (κ2) is 4.57. The van der Waals surface area contributed by atoms with E-state index < -0.39 is 25.8 Å². The molecule has 7 heteroatoms. The van der Waals surface area contributed by atoms with Crippen LogP contribution in [-0.2, 0) is 9.36 Å². The summed E-state index contributed by atoms with van der Waals surface area (Å²) in [4.78, 5) is 27.0. The summed E-state index contributed by atoms with van der Waals surface area (Å²) in [5.74, 6) is -1.63. The van der Waals surface area contributed by atoms with Crippen LogP contribution in [0.2, 0.25) is 0 Å². The summed E-state index contributed by atoms with van der Waals surface area (Å²) in [6.07, 6.45) is -0.482. The first kappa shape index (κ1) is 11.6. The maximum atomic E-state index is 10.3. The Morgan fingerprint density at radius 1 is 1.58 bits per heavy atom. The third-order valence-electron chi connectivity index (χ3n) is 1.19. The molecule has 0 amide bonds. The van der Waals surface area contributed by atoms with Gasteiger partial charge in [-0.05, 0) is 0 Å². The van der Waals surface area contributed by atoms with Crippen molar-refractivity contribution in [2.75, 3.05) is 12.8 Å². The molecule has 4 N–H and O–H groups in total. The van der Waals surface area contributed by atoms with Crippen molar-refractivity contribution in [2.45, 2.75) is 6.92 Å². The van der Waals surface area contributed by atoms with E-state index in [9.17, 15) is 9.36 Å². The average Bonchev–Trinajstić information content (AvgIpc) is 1.84. The van der Waals surface area contributed by atoms with Gasteiger partial charge in [-0.2, -0.15) is 0 Å². The fraction of sp³-hybridized carbons (Fsp3) is 0.800. The number of carbonyl (C=O) groups is 1. The number of rotatable bonds is 5. The molecular formula is C5H12NO5P. The van der Waals surface area contributed by atoms with Crippen molar-refractivity contribution in [2.24, 2.45) is 5.92 Å². The van der Waals surface area contributed by atoms with Gasteiger partial charge in [-0.25, -0.2) is 0 Å². The van der Waals surface area contributed by atoms with Crippen LogP contribution in [0.25, 0.3) is 0 Å². The quantitative estimate of drug-likeness (QED) is 0.440. The topological polar surface area (TPSA) is 107 Å². The van der Waals surface area contributed by atoms with Crippen molar-refractivity contribution < 1.29 is 24.3 Å². The summed E-state index contributed by atoms with van der Waals surface area (Å²) in [6.45, 7) is 1.51. The lowest BCUT2D eigenvalue weighted by Crippen LogP contribution is -2.26. The monoisotopic (exact) mass is 197 g/mol. The third kappa shape index (κ3) is 6.30. The van der Waals surface area contributed by atoms with Crippen LogP contribution in [0.4, 0.5) is 0 Å². The second-order valence-electron chi connectivity index (χ2n) is 2.52. The van der Waals surface area contributed by atoms with E-state index in [2.05, 4.69) is 5.32 Å². The Balaban J connectivity index is 3.58. The molecule has 0 saturated carbocycles. The third-order valence-corrected chi connectivity index (χ3v) is 1.83. The number of carboxylic acids is 1. The predicted octanol–water partition coefficient (Wildman–Crippen LogP) is -0.568. The van der Waals surface area contributed by atoms with Gasteiger partial charge in [0.1, 0.15) is 0 Å². The zero-order valence-electron chi connectivity index (χ0n) is 6.60. The highest BCUT2D eigenvalue weighted by molar-refractivity contribution is 7.51. The number of hydrogen-bond acceptors (Lipinski definition) is 3. The number of hydrogen-bond donors (Lipinski definition) is 4. The molecule has 0 aromatic heterocycles. The molecule has 0 aliphatic heterocycles. The van der Waals surface area contributed by atoms with Gasteiger partial charge in [0, 0.05) is 6.54 Å². The van der Waals surface area contributed by atoms with Gasteiger partial charge in [0.05, 0.1) is 12.2 Å². The van der Waals surface area contributed by atoms with Crippen molar-refractivity contribution in [1.29, 1.82) is 0 Å². The molecule has 0 aliphatic carbocycles. The highest BCUT2D eigenvalue weighted by Crippen LogP contribution is 2.31. The van der Waals surface area contributed by atoms with E-state index in [4.69, 9.17) is 14.9 Å². The molecular weight excluding hydrogens is 185 g/mol. The molecule has 0 aromatic carbocycles. The van der Waals surface area contributed by atoms with E-state index in [1.165, 1.54) is 6.92 Å². The van der Waals surface area contributed by atoms with Crippen molar-refractivity contribution in [3.05, 3.63) is 0 Å². The molecule has 6 nitrogen and oxygen atoms in total. The van der Waals surface area contributed by atoms with Gasteiger partial charge in [-0.15, -0.1) is 0 Å². The van der Waals surface area contributed by atoms with Gasteiger partial charge in [0.25, 0.3) is 0 Å². The Morgan fingerprint density at radius 3 is 2.42 bits per heavy atom. The lowest BCUT2D eigenvalue weighted by atomic mass is 10.2. The summed E-state index contributed by atoms with van der Waals surface area (Å²) in [5, 5.41) is 10.7. The molecule has 1 unspecified atom stereocenters. The van der Waals surface area contributed by atoms with Crippen molar-refractivity contribution in [1.82, 2.24) is 5.32 Å². The van der Waals surface area contributed by atoms with Crippen LogP contribution < -0.4 is 5.32 Å². The zero-order chi connectivity index (χ0) is 9.78. The SMILES string of the molecule is CC(CNCP(=O)(O)O)C(=O)O. The maximum absolute atomic E-state index is 10.3. The van der Waals surface area contributed by atoms with Gasteiger partial charge in [0.15, 0.2) is 0 Å². The Bertz CT molecular complexity index is 200. The zero-order valence-corrected chi connectivity index (χ0v) is 7.49. The minimum absolute atomic E-state index is 0.0560. The molecule has 0 aromatic rings. The summed E-state index contributed by atoms with van der Waals surface area (Å²) in [5.41, 5.74) is 0. The van der Waals surface area contributed by atoms with Crippen LogP contribution in [0.15, 0.2) is 0 Å². The minimum atomic E-state index is -4.06. The average molecular weight is 197 g/mol. The Kier molecular flexibility index (Phi) is 4.41. The van der Waals surface area contributed by atoms with E-state index in [-0.39, 0.29) is 6.54 Å². The summed E-state index contributed by atoms with van der Waals surface area (Å²) in [6, 6.07) is 0. The highest BCUT2D eigenvalue weighted by Gasteiger charge is 2.15. The van der Waals surface area contributed by atoms with E-state index >= 15 is 0 Å². The number of aliphatic carboxylic acids is 1. The van der Waals surface area contributed by atoms with Crippen molar-refractivity contribution >= 4 is 13.6 Å². The van der Waals surface area contributed by atoms with Crippen molar-refractivity contribution in [3.63, 3.8) is 0 Å². The molecule has 12 heavy (non-hydrogen) atoms. The van der Waals surface area contributed by atoms with Crippen LogP contribution in [0.1, 0.15) is 6.92 Å². The molecule has 0 spiro atoms. The molecule has 72 valence electrons. The molecule has 0 saturated heterocycles. The van der Waals surface area contributed by atoms with Gasteiger partial charge in [-0.3, -0.25) is 9.36 Å². The van der Waals surface area contributed by atoms with Crippen LogP contribution >= 0.6 is 7.60 Å². The lowest BCUT2D eigenvalue weighted by Gasteiger charge is -2.08. The fourth-order valence-corrected chi connectivity index (χ4v) is 0.934. The largest absolute Gasteiger partial charge is 0.481 e. The highest BCUT2D eigenvalue weighted by atomic mass is 31.2. The number of nitrogens with one attached hydrogen (secondary N) is 1. The molecule has 0 fully saturated rings. The Hall–Kier alpha value is -0.420. The molecule has 0 aliphatic rings. The Morgan fingerprint density at radius 2 is 2.08 bits per heavy atom. The van der Waals surface area contributed by atoms with E-state index in [0.717, 1.165) is 0 Å². The first-order valence-electron chi connectivity index (χ1n) is 3.31. The van der Waals surface area contributed by atoms with E-state index in [0.29, 0.717) is 0 Å². The van der Waals surface area contributed by atoms with Gasteiger partial charge in [0.2, 0.25) is 0 Å². The summed E-state index contributed by atoms with van der Waals surface area (Å²) < 4.78 is 10.3.